The molecule has 0 amide bonds. The van der Waals surface area contributed by atoms with E-state index in [4.69, 9.17) is 0 Å². The molecule has 0 bridgehead atoms. The number of carbonyl (C=O) groups excluding carboxylic acids is 1. The number of benzene rings is 1. The zero-order valence-electron chi connectivity index (χ0n) is 9.37. The third kappa shape index (κ3) is 2.44. The maximum Gasteiger partial charge on any atom is 0.322 e. The Labute approximate surface area is 97.8 Å². The highest BCUT2D eigenvalue weighted by atomic mass is 19.1. The molecule has 0 spiro atoms. The Bertz CT molecular complexity index is 437. The summed E-state index contributed by atoms with van der Waals surface area (Å²) in [6.07, 6.45) is 1.15. The first-order valence-electron chi connectivity index (χ1n) is 5.40. The van der Waals surface area contributed by atoms with Crippen molar-refractivity contribution in [1.29, 1.82) is 0 Å². The maximum absolute atomic E-state index is 13.5. The van der Waals surface area contributed by atoms with E-state index in [-0.39, 0.29) is 17.6 Å². The van der Waals surface area contributed by atoms with Crippen LogP contribution in [0, 0.1) is 11.6 Å². The quantitative estimate of drug-likeness (QED) is 0.804. The van der Waals surface area contributed by atoms with Gasteiger partial charge in [0.25, 0.3) is 0 Å². The van der Waals surface area contributed by atoms with Crippen LogP contribution in [0.3, 0.4) is 0 Å². The predicted octanol–water partition coefficient (Wildman–Crippen LogP) is 1.93. The van der Waals surface area contributed by atoms with E-state index < -0.39 is 17.7 Å². The summed E-state index contributed by atoms with van der Waals surface area (Å²) in [6, 6.07) is 2.55. The molecule has 0 saturated carbocycles. The summed E-state index contributed by atoms with van der Waals surface area (Å²) in [5.41, 5.74) is 0.261. The molecule has 1 fully saturated rings. The Morgan fingerprint density at radius 3 is 2.88 bits per heavy atom. The molecule has 1 N–H and O–H groups in total. The largest absolute Gasteiger partial charge is 0.468 e. The summed E-state index contributed by atoms with van der Waals surface area (Å²) in [5.74, 6) is -1.32. The van der Waals surface area contributed by atoms with Crippen LogP contribution in [0.15, 0.2) is 18.2 Å². The lowest BCUT2D eigenvalue weighted by Gasteiger charge is -2.14. The van der Waals surface area contributed by atoms with Gasteiger partial charge in [-0.3, -0.25) is 10.1 Å². The van der Waals surface area contributed by atoms with Crippen molar-refractivity contribution in [2.75, 3.05) is 7.11 Å². The molecule has 1 saturated heterocycles. The second-order valence-corrected chi connectivity index (χ2v) is 4.04. The normalized spacial score (nSPS) is 23.7. The molecule has 1 heterocycles. The number of rotatable bonds is 2. The molecule has 2 atom stereocenters. The number of nitrogens with one attached hydrogen (secondary N) is 1. The van der Waals surface area contributed by atoms with Crippen LogP contribution in [0.5, 0.6) is 0 Å². The van der Waals surface area contributed by atoms with Crippen molar-refractivity contribution in [1.82, 2.24) is 5.32 Å². The van der Waals surface area contributed by atoms with Crippen LogP contribution in [0.25, 0.3) is 0 Å². The average Bonchev–Trinajstić information content (AvgIpc) is 2.80. The van der Waals surface area contributed by atoms with Crippen molar-refractivity contribution >= 4 is 5.97 Å². The smallest absolute Gasteiger partial charge is 0.322 e. The first-order chi connectivity index (χ1) is 8.11. The number of hydrogen-bond donors (Lipinski definition) is 1. The summed E-state index contributed by atoms with van der Waals surface area (Å²) < 4.78 is 31.1. The number of methoxy groups -OCH3 is 1. The van der Waals surface area contributed by atoms with Gasteiger partial charge in [-0.05, 0) is 31.0 Å². The molecule has 2 unspecified atom stereocenters. The second-order valence-electron chi connectivity index (χ2n) is 4.04. The van der Waals surface area contributed by atoms with E-state index in [0.29, 0.717) is 12.8 Å². The van der Waals surface area contributed by atoms with Gasteiger partial charge < -0.3 is 4.74 Å². The lowest BCUT2D eigenvalue weighted by molar-refractivity contribution is -0.142. The zero-order chi connectivity index (χ0) is 12.4. The molecule has 17 heavy (non-hydrogen) atoms. The molecule has 1 aliphatic heterocycles. The zero-order valence-corrected chi connectivity index (χ0v) is 9.37. The molecule has 3 nitrogen and oxygen atoms in total. The summed E-state index contributed by atoms with van der Waals surface area (Å²) in [5, 5.41) is 2.94. The number of esters is 1. The predicted molar refractivity (Wildman–Crippen MR) is 57.3 cm³/mol. The highest BCUT2D eigenvalue weighted by molar-refractivity contribution is 5.76. The Morgan fingerprint density at radius 1 is 1.41 bits per heavy atom. The van der Waals surface area contributed by atoms with Gasteiger partial charge in [0.1, 0.15) is 17.7 Å². The standard InChI is InChI=1S/C12H13F2NO2/c1-17-12(16)11-5-4-10(15-11)8-6-7(13)2-3-9(8)14/h2-3,6,10-11,15H,4-5H2,1H3. The van der Waals surface area contributed by atoms with Gasteiger partial charge in [-0.25, -0.2) is 8.78 Å². The van der Waals surface area contributed by atoms with E-state index in [1.54, 1.807) is 0 Å². The van der Waals surface area contributed by atoms with Gasteiger partial charge in [-0.2, -0.15) is 0 Å². The number of ether oxygens (including phenoxy) is 1. The van der Waals surface area contributed by atoms with E-state index >= 15 is 0 Å². The summed E-state index contributed by atoms with van der Waals surface area (Å²) >= 11 is 0. The minimum atomic E-state index is -0.482. The minimum absolute atomic E-state index is 0.261. The van der Waals surface area contributed by atoms with Gasteiger partial charge in [0.15, 0.2) is 0 Å². The van der Waals surface area contributed by atoms with Crippen LogP contribution in [0.1, 0.15) is 24.4 Å². The van der Waals surface area contributed by atoms with E-state index in [1.807, 2.05) is 0 Å². The maximum atomic E-state index is 13.5. The van der Waals surface area contributed by atoms with E-state index in [1.165, 1.54) is 7.11 Å². The Balaban J connectivity index is 2.15. The van der Waals surface area contributed by atoms with Gasteiger partial charge in [-0.1, -0.05) is 0 Å². The number of halogens is 2. The topological polar surface area (TPSA) is 38.3 Å². The van der Waals surface area contributed by atoms with E-state index in [0.717, 1.165) is 18.2 Å². The molecular weight excluding hydrogens is 228 g/mol. The number of carbonyl (C=O) groups is 1. The van der Waals surface area contributed by atoms with Crippen LogP contribution >= 0.6 is 0 Å². The lowest BCUT2D eigenvalue weighted by atomic mass is 10.0. The lowest BCUT2D eigenvalue weighted by Crippen LogP contribution is -2.33. The van der Waals surface area contributed by atoms with Crippen LogP contribution in [-0.2, 0) is 9.53 Å². The summed E-state index contributed by atoms with van der Waals surface area (Å²) in [4.78, 5) is 11.3. The Morgan fingerprint density at radius 2 is 2.18 bits per heavy atom. The first-order valence-corrected chi connectivity index (χ1v) is 5.40. The van der Waals surface area contributed by atoms with E-state index in [2.05, 4.69) is 10.1 Å². The fraction of sp³-hybridized carbons (Fsp3) is 0.417. The number of hydrogen-bond acceptors (Lipinski definition) is 3. The molecule has 0 aliphatic carbocycles. The van der Waals surface area contributed by atoms with Crippen molar-refractivity contribution in [2.24, 2.45) is 0 Å². The summed E-state index contributed by atoms with van der Waals surface area (Å²) in [6.45, 7) is 0. The van der Waals surface area contributed by atoms with Gasteiger partial charge in [0.05, 0.1) is 7.11 Å². The third-order valence-corrected chi connectivity index (χ3v) is 2.97. The molecule has 0 aromatic heterocycles. The van der Waals surface area contributed by atoms with Crippen molar-refractivity contribution < 1.29 is 18.3 Å². The fourth-order valence-electron chi connectivity index (χ4n) is 2.10. The van der Waals surface area contributed by atoms with Gasteiger partial charge in [0.2, 0.25) is 0 Å². The second kappa shape index (κ2) is 4.79. The molecule has 1 aliphatic rings. The first kappa shape index (κ1) is 12.0. The molecular formula is C12H13F2NO2. The Kier molecular flexibility index (Phi) is 3.38. The highest BCUT2D eigenvalue weighted by Crippen LogP contribution is 2.29. The van der Waals surface area contributed by atoms with Crippen LogP contribution in [-0.4, -0.2) is 19.1 Å². The molecule has 0 radical (unpaired) electrons. The minimum Gasteiger partial charge on any atom is -0.468 e. The van der Waals surface area contributed by atoms with Crippen LogP contribution < -0.4 is 5.32 Å². The summed E-state index contributed by atoms with van der Waals surface area (Å²) in [7, 11) is 1.31. The molecule has 1 aromatic carbocycles. The van der Waals surface area contributed by atoms with Crippen LogP contribution in [0.2, 0.25) is 0 Å². The fourth-order valence-corrected chi connectivity index (χ4v) is 2.10. The van der Waals surface area contributed by atoms with E-state index in [9.17, 15) is 13.6 Å². The highest BCUT2D eigenvalue weighted by Gasteiger charge is 2.31. The molecule has 5 heteroatoms. The van der Waals surface area contributed by atoms with Gasteiger partial charge in [0, 0.05) is 11.6 Å². The van der Waals surface area contributed by atoms with Crippen molar-refractivity contribution in [2.45, 2.75) is 24.9 Å². The van der Waals surface area contributed by atoms with Gasteiger partial charge >= 0.3 is 5.97 Å². The van der Waals surface area contributed by atoms with Gasteiger partial charge in [-0.15, -0.1) is 0 Å². The molecule has 92 valence electrons. The van der Waals surface area contributed by atoms with Crippen molar-refractivity contribution in [3.8, 4) is 0 Å². The Hall–Kier alpha value is -1.49. The monoisotopic (exact) mass is 241 g/mol. The van der Waals surface area contributed by atoms with Crippen molar-refractivity contribution in [3.63, 3.8) is 0 Å². The SMILES string of the molecule is COC(=O)C1CCC(c2cc(F)ccc2F)N1. The molecule has 2 rings (SSSR count). The average molecular weight is 241 g/mol. The third-order valence-electron chi connectivity index (χ3n) is 2.97. The van der Waals surface area contributed by atoms with Crippen LogP contribution in [0.4, 0.5) is 8.78 Å². The molecule has 1 aromatic rings. The van der Waals surface area contributed by atoms with Crippen molar-refractivity contribution in [3.05, 3.63) is 35.4 Å².